The molecule has 0 unspecified atom stereocenters. The molecule has 7 nitrogen and oxygen atoms in total. The Morgan fingerprint density at radius 2 is 2.10 bits per heavy atom. The number of aromatic nitrogens is 4. The first kappa shape index (κ1) is 18.4. The van der Waals surface area contributed by atoms with Crippen molar-refractivity contribution in [1.82, 2.24) is 19.8 Å². The third-order valence-electron chi connectivity index (χ3n) is 5.15. The zero-order valence-electron chi connectivity index (χ0n) is 16.0. The lowest BCUT2D eigenvalue weighted by molar-refractivity contribution is 0.102. The van der Waals surface area contributed by atoms with Gasteiger partial charge in [-0.3, -0.25) is 4.79 Å². The number of hydrogen-bond donors (Lipinski definition) is 1. The third kappa shape index (κ3) is 3.32. The smallest absolute Gasteiger partial charge is 0.265 e. The first-order valence-corrected chi connectivity index (χ1v) is 9.51. The van der Waals surface area contributed by atoms with Crippen LogP contribution < -0.4 is 5.32 Å². The summed E-state index contributed by atoms with van der Waals surface area (Å²) in [6.07, 6.45) is 2.10. The fourth-order valence-electron chi connectivity index (χ4n) is 3.24. The highest BCUT2D eigenvalue weighted by atomic mass is 19.3. The molecule has 1 aliphatic carbocycles. The fraction of sp³-hybridized carbons (Fsp3) is 0.238. The molecule has 1 aliphatic rings. The van der Waals surface area contributed by atoms with E-state index in [0.717, 1.165) is 24.0 Å². The van der Waals surface area contributed by atoms with E-state index < -0.39 is 6.43 Å². The highest BCUT2D eigenvalue weighted by molar-refractivity contribution is 6.09. The summed E-state index contributed by atoms with van der Waals surface area (Å²) in [4.78, 5) is 17.3. The third-order valence-corrected chi connectivity index (χ3v) is 5.15. The molecule has 0 atom stereocenters. The quantitative estimate of drug-likeness (QED) is 0.514. The van der Waals surface area contributed by atoms with Crippen LogP contribution in [0, 0.1) is 6.92 Å². The maximum Gasteiger partial charge on any atom is 0.265 e. The lowest BCUT2D eigenvalue weighted by atomic mass is 10.1. The van der Waals surface area contributed by atoms with Crippen molar-refractivity contribution in [2.45, 2.75) is 32.1 Å². The van der Waals surface area contributed by atoms with Crippen LogP contribution in [-0.2, 0) is 0 Å². The molecule has 152 valence electrons. The Kier molecular flexibility index (Phi) is 4.30. The van der Waals surface area contributed by atoms with E-state index in [1.54, 1.807) is 6.07 Å². The molecule has 3 aromatic heterocycles. The van der Waals surface area contributed by atoms with Crippen LogP contribution in [0.25, 0.3) is 16.9 Å². The van der Waals surface area contributed by atoms with Gasteiger partial charge in [0, 0.05) is 28.9 Å². The highest BCUT2D eigenvalue weighted by Gasteiger charge is 2.29. The van der Waals surface area contributed by atoms with Crippen molar-refractivity contribution in [3.63, 3.8) is 0 Å². The van der Waals surface area contributed by atoms with Gasteiger partial charge < -0.3 is 9.84 Å². The number of carbonyl (C=O) groups excluding carboxylic acids is 1. The molecule has 4 aromatic rings. The van der Waals surface area contributed by atoms with Gasteiger partial charge in [0.05, 0.1) is 17.3 Å². The van der Waals surface area contributed by atoms with Gasteiger partial charge in [-0.15, -0.1) is 0 Å². The molecule has 0 radical (unpaired) electrons. The predicted molar refractivity (Wildman–Crippen MR) is 105 cm³/mol. The summed E-state index contributed by atoms with van der Waals surface area (Å²) in [5, 5.41) is 10.9. The van der Waals surface area contributed by atoms with E-state index in [-0.39, 0.29) is 17.0 Å². The SMILES string of the molecule is Cc1ccc(-c2noc(C3CC3)n2)cc1NC(=O)c1cnn2cc(C(F)F)ccc12. The van der Waals surface area contributed by atoms with Crippen LogP contribution in [0.15, 0.2) is 47.2 Å². The van der Waals surface area contributed by atoms with Crippen molar-refractivity contribution in [3.8, 4) is 11.4 Å². The Hall–Kier alpha value is -3.62. The molecule has 0 spiro atoms. The van der Waals surface area contributed by atoms with Crippen molar-refractivity contribution in [1.29, 1.82) is 0 Å². The van der Waals surface area contributed by atoms with Gasteiger partial charge in [0.1, 0.15) is 0 Å². The number of nitrogens with one attached hydrogen (secondary N) is 1. The van der Waals surface area contributed by atoms with Gasteiger partial charge in [0.25, 0.3) is 12.3 Å². The second kappa shape index (κ2) is 7.01. The van der Waals surface area contributed by atoms with Crippen molar-refractivity contribution in [2.75, 3.05) is 5.32 Å². The molecule has 1 aromatic carbocycles. The molecule has 1 N–H and O–H groups in total. The fourth-order valence-corrected chi connectivity index (χ4v) is 3.24. The summed E-state index contributed by atoms with van der Waals surface area (Å²) in [5.41, 5.74) is 2.75. The number of rotatable bonds is 5. The monoisotopic (exact) mass is 409 g/mol. The summed E-state index contributed by atoms with van der Waals surface area (Å²) in [5.74, 6) is 1.09. The summed E-state index contributed by atoms with van der Waals surface area (Å²) in [6.45, 7) is 1.87. The van der Waals surface area contributed by atoms with E-state index >= 15 is 0 Å². The Morgan fingerprint density at radius 1 is 1.27 bits per heavy atom. The summed E-state index contributed by atoms with van der Waals surface area (Å²) < 4.78 is 32.4. The van der Waals surface area contributed by atoms with Gasteiger partial charge in [-0.2, -0.15) is 10.1 Å². The largest absolute Gasteiger partial charge is 0.339 e. The van der Waals surface area contributed by atoms with E-state index in [2.05, 4.69) is 20.6 Å². The lowest BCUT2D eigenvalue weighted by Gasteiger charge is -2.09. The Morgan fingerprint density at radius 3 is 2.87 bits per heavy atom. The van der Waals surface area contributed by atoms with E-state index in [4.69, 9.17) is 4.52 Å². The number of anilines is 1. The molecular weight excluding hydrogens is 392 g/mol. The summed E-state index contributed by atoms with van der Waals surface area (Å²) in [6, 6.07) is 8.27. The van der Waals surface area contributed by atoms with Crippen molar-refractivity contribution >= 4 is 17.1 Å². The Balaban J connectivity index is 1.42. The Labute approximate surface area is 169 Å². The molecule has 0 aliphatic heterocycles. The second-order valence-electron chi connectivity index (χ2n) is 7.37. The number of amides is 1. The first-order valence-electron chi connectivity index (χ1n) is 9.51. The van der Waals surface area contributed by atoms with Crippen LogP contribution in [0.1, 0.15) is 52.6 Å². The molecule has 3 heterocycles. The van der Waals surface area contributed by atoms with Crippen molar-refractivity contribution < 1.29 is 18.1 Å². The van der Waals surface area contributed by atoms with Crippen LogP contribution >= 0.6 is 0 Å². The first-order chi connectivity index (χ1) is 14.5. The number of fused-ring (bicyclic) bond motifs is 1. The summed E-state index contributed by atoms with van der Waals surface area (Å²) >= 11 is 0. The lowest BCUT2D eigenvalue weighted by Crippen LogP contribution is -2.12. The standard InChI is InChI=1S/C21H17F2N5O2/c1-11-2-3-13(19-26-21(30-27-19)12-4-5-12)8-16(11)25-20(29)15-9-24-28-10-14(18(22)23)6-7-17(15)28/h2-3,6-10,12,18H,4-5H2,1H3,(H,25,29). The number of alkyl halides is 2. The Bertz CT molecular complexity index is 1260. The number of carbonyl (C=O) groups is 1. The maximum atomic E-state index is 12.9. The van der Waals surface area contributed by atoms with Crippen molar-refractivity contribution in [3.05, 3.63) is 65.3 Å². The van der Waals surface area contributed by atoms with Gasteiger partial charge in [-0.1, -0.05) is 17.3 Å². The summed E-state index contributed by atoms with van der Waals surface area (Å²) in [7, 11) is 0. The maximum absolute atomic E-state index is 12.9. The molecule has 1 fully saturated rings. The molecule has 30 heavy (non-hydrogen) atoms. The second-order valence-corrected chi connectivity index (χ2v) is 7.37. The van der Waals surface area contributed by atoms with E-state index in [0.29, 0.717) is 28.8 Å². The molecule has 9 heteroatoms. The van der Waals surface area contributed by atoms with Crippen LogP contribution in [0.2, 0.25) is 0 Å². The van der Waals surface area contributed by atoms with Gasteiger partial charge >= 0.3 is 0 Å². The van der Waals surface area contributed by atoms with Gasteiger partial charge in [-0.25, -0.2) is 13.3 Å². The minimum absolute atomic E-state index is 0.160. The van der Waals surface area contributed by atoms with E-state index in [1.165, 1.54) is 29.0 Å². The number of hydrogen-bond acceptors (Lipinski definition) is 5. The van der Waals surface area contributed by atoms with Crippen molar-refractivity contribution in [2.24, 2.45) is 0 Å². The van der Waals surface area contributed by atoms with E-state index in [1.807, 2.05) is 19.1 Å². The molecule has 0 bridgehead atoms. The molecule has 1 amide bonds. The van der Waals surface area contributed by atoms with Gasteiger partial charge in [-0.05, 0) is 43.5 Å². The normalized spacial score (nSPS) is 13.9. The average molecular weight is 409 g/mol. The minimum Gasteiger partial charge on any atom is -0.339 e. The van der Waals surface area contributed by atoms with Crippen LogP contribution in [0.3, 0.4) is 0 Å². The average Bonchev–Trinajstić information content (AvgIpc) is 3.31. The zero-order valence-corrected chi connectivity index (χ0v) is 16.0. The van der Waals surface area contributed by atoms with Crippen LogP contribution in [-0.4, -0.2) is 25.7 Å². The van der Waals surface area contributed by atoms with E-state index in [9.17, 15) is 13.6 Å². The van der Waals surface area contributed by atoms with Crippen LogP contribution in [0.4, 0.5) is 14.5 Å². The molecular formula is C21H17F2N5O2. The molecule has 1 saturated carbocycles. The zero-order chi connectivity index (χ0) is 20.8. The predicted octanol–water partition coefficient (Wildman–Crippen LogP) is 4.76. The number of halogens is 2. The highest BCUT2D eigenvalue weighted by Crippen LogP contribution is 2.39. The van der Waals surface area contributed by atoms with Crippen LogP contribution in [0.5, 0.6) is 0 Å². The molecule has 5 rings (SSSR count). The minimum atomic E-state index is -2.60. The topological polar surface area (TPSA) is 85.3 Å². The number of pyridine rings is 1. The molecule has 0 saturated heterocycles. The van der Waals surface area contributed by atoms with Gasteiger partial charge in [0.2, 0.25) is 11.7 Å². The number of benzene rings is 1. The number of aryl methyl sites for hydroxylation is 1. The van der Waals surface area contributed by atoms with Gasteiger partial charge in [0.15, 0.2) is 0 Å². The number of nitrogens with zero attached hydrogens (tertiary/aromatic N) is 4.